The maximum Gasteiger partial charge on any atom is 0.135 e. The van der Waals surface area contributed by atoms with Crippen LogP contribution in [-0.2, 0) is 4.74 Å². The van der Waals surface area contributed by atoms with E-state index < -0.39 is 0 Å². The summed E-state index contributed by atoms with van der Waals surface area (Å²) in [5.74, 6) is 5.32. The Balaban J connectivity index is 0.000000108. The molecule has 6 heterocycles. The van der Waals surface area contributed by atoms with Crippen LogP contribution in [0.4, 0.5) is 0 Å². The minimum atomic E-state index is 0.0903. The molecular formula is C129H91N3O3. The van der Waals surface area contributed by atoms with Crippen molar-refractivity contribution in [1.82, 2.24) is 9.97 Å². The molecule has 6 nitrogen and oxygen atoms in total. The van der Waals surface area contributed by atoms with Crippen LogP contribution in [-0.4, -0.2) is 21.8 Å². The SMILES string of the molecule is C1=CCC(c2cc(-c3ccc4cc(-c5ccc6c7c(cccc57)-c5ccccc5O6)ccc4c3)cc(-c3ccccc3)n2)C=C1.C1=CCC2OC3=c4c(cccc4=C(c4ccc5ccc(C6=CC(c7ccccc7)=NC(c7ccccc7)C6)cc5c4)CC3)C2=C1.c1ccc(-c2cc(-c3ccccc3)nc(-c3ccc4cc(C5=c6cccc7c6=C(CC5)Oc5ccccc5-7)ccc4c3)c2)cc1. The number of pyridine rings is 2. The van der Waals surface area contributed by atoms with Gasteiger partial charge in [-0.1, -0.05) is 364 Å². The zero-order chi connectivity index (χ0) is 89.2. The Morgan fingerprint density at radius 1 is 0.296 bits per heavy atom. The number of hydrogen-bond acceptors (Lipinski definition) is 6. The molecule has 135 heavy (non-hydrogen) atoms. The molecule has 0 amide bonds. The Hall–Kier alpha value is -16.7. The Bertz CT molecular complexity index is 8480. The van der Waals surface area contributed by atoms with Gasteiger partial charge in [0, 0.05) is 80.1 Å². The first-order chi connectivity index (χ1) is 66.8. The fourth-order valence-electron chi connectivity index (χ4n) is 21.4. The largest absolute Gasteiger partial charge is 0.489 e. The summed E-state index contributed by atoms with van der Waals surface area (Å²) in [4.78, 5) is 15.5. The number of aromatic nitrogens is 2. The normalized spacial score (nSPS) is 16.0. The number of ether oxygens (including phenoxy) is 3. The van der Waals surface area contributed by atoms with Crippen LogP contribution < -0.4 is 30.3 Å². The van der Waals surface area contributed by atoms with Crippen LogP contribution in [0.25, 0.3) is 166 Å². The fourth-order valence-corrected chi connectivity index (χ4v) is 21.4. The summed E-state index contributed by atoms with van der Waals surface area (Å²) in [6.45, 7) is 0. The Kier molecular flexibility index (Phi) is 20.6. The minimum Gasteiger partial charge on any atom is -0.489 e. The van der Waals surface area contributed by atoms with Gasteiger partial charge in [0.2, 0.25) is 0 Å². The van der Waals surface area contributed by atoms with Gasteiger partial charge < -0.3 is 14.2 Å². The number of allylic oxidation sites excluding steroid dienone is 7. The highest BCUT2D eigenvalue weighted by Gasteiger charge is 2.31. The monoisotopic (exact) mass is 1730 g/mol. The van der Waals surface area contributed by atoms with Crippen molar-refractivity contribution in [3.63, 3.8) is 0 Å². The van der Waals surface area contributed by atoms with E-state index in [-0.39, 0.29) is 18.1 Å². The molecule has 3 unspecified atom stereocenters. The quantitative estimate of drug-likeness (QED) is 0.122. The molecule has 4 aliphatic carbocycles. The second-order valence-corrected chi connectivity index (χ2v) is 36.2. The van der Waals surface area contributed by atoms with Crippen LogP contribution >= 0.6 is 0 Å². The highest BCUT2D eigenvalue weighted by Crippen LogP contribution is 2.50. The Morgan fingerprint density at radius 2 is 0.807 bits per heavy atom. The van der Waals surface area contributed by atoms with Crippen molar-refractivity contribution in [3.8, 4) is 107 Å². The van der Waals surface area contributed by atoms with E-state index in [0.717, 1.165) is 136 Å². The zero-order valence-corrected chi connectivity index (χ0v) is 74.5. The number of aliphatic imine (C=N–C) groups is 1. The first-order valence-electron chi connectivity index (χ1n) is 47.3. The van der Waals surface area contributed by atoms with Gasteiger partial charge in [-0.15, -0.1) is 0 Å². The van der Waals surface area contributed by atoms with Crippen LogP contribution in [0.2, 0.25) is 0 Å². The smallest absolute Gasteiger partial charge is 0.135 e. The van der Waals surface area contributed by atoms with Crippen LogP contribution in [0.5, 0.6) is 17.2 Å². The van der Waals surface area contributed by atoms with E-state index >= 15 is 0 Å². The molecule has 3 atom stereocenters. The van der Waals surface area contributed by atoms with E-state index in [0.29, 0.717) is 0 Å². The van der Waals surface area contributed by atoms with Crippen molar-refractivity contribution in [2.45, 2.75) is 63.0 Å². The lowest BCUT2D eigenvalue weighted by molar-refractivity contribution is 0.203. The third kappa shape index (κ3) is 15.3. The van der Waals surface area contributed by atoms with Gasteiger partial charge in [0.15, 0.2) is 0 Å². The number of para-hydroxylation sites is 2. The molecule has 0 N–H and O–H groups in total. The summed E-state index contributed by atoms with van der Waals surface area (Å²) in [6, 6.07) is 144. The molecule has 19 aromatic rings. The van der Waals surface area contributed by atoms with Crippen LogP contribution in [0, 0.1) is 0 Å². The van der Waals surface area contributed by atoms with Crippen molar-refractivity contribution in [2.75, 3.05) is 0 Å². The molecule has 17 aromatic carbocycles. The van der Waals surface area contributed by atoms with E-state index in [1.807, 2.05) is 24.3 Å². The Labute approximate surface area is 785 Å². The molecule has 2 aromatic heterocycles. The molecule has 0 saturated heterocycles. The lowest BCUT2D eigenvalue weighted by Crippen LogP contribution is -2.41. The average molecular weight is 1730 g/mol. The van der Waals surface area contributed by atoms with E-state index in [9.17, 15) is 0 Å². The van der Waals surface area contributed by atoms with Gasteiger partial charge >= 0.3 is 0 Å². The molecule has 0 saturated carbocycles. The van der Waals surface area contributed by atoms with Gasteiger partial charge in [-0.3, -0.25) is 9.98 Å². The summed E-state index contributed by atoms with van der Waals surface area (Å²) in [5, 5.41) is 15.0. The van der Waals surface area contributed by atoms with Crippen LogP contribution in [0.1, 0.15) is 96.0 Å². The van der Waals surface area contributed by atoms with Crippen LogP contribution in [0.3, 0.4) is 0 Å². The summed E-state index contributed by atoms with van der Waals surface area (Å²) in [5.41, 5.74) is 33.5. The van der Waals surface area contributed by atoms with Crippen molar-refractivity contribution in [3.05, 3.63) is 509 Å². The van der Waals surface area contributed by atoms with Crippen molar-refractivity contribution in [1.29, 1.82) is 0 Å². The zero-order valence-electron chi connectivity index (χ0n) is 74.5. The maximum atomic E-state index is 6.58. The lowest BCUT2D eigenvalue weighted by Gasteiger charge is -2.32. The third-order valence-corrected chi connectivity index (χ3v) is 28.1. The number of rotatable bonds is 12. The molecule has 4 aliphatic heterocycles. The predicted octanol–water partition coefficient (Wildman–Crippen LogP) is 29.9. The summed E-state index contributed by atoms with van der Waals surface area (Å²) < 4.78 is 19.3. The summed E-state index contributed by atoms with van der Waals surface area (Å²) in [6.07, 6.45) is 24.4. The van der Waals surface area contributed by atoms with E-state index in [1.165, 1.54) is 159 Å². The molecule has 0 fully saturated rings. The standard InChI is InChI=1S/C43H33NO.2C43H29NO/c1-3-10-29(11-4-1)39-26-34(27-40(44-39)30-12-5-2-6-13-30)31-20-18-28-19-21-32(25-33(28)24-31)35-22-23-42-43-37(35)15-9-16-38(43)36-14-7-8-17-41(36)45-42;1-3-10-28(11-4-1)34-26-39(29-12-5-2-6-13-29)44-40(27-34)33-21-19-30-24-32(20-18-31(30)25-33)35-22-23-42-43-37(35)15-9-16-38(43)36-14-7-8-17-41(36)45-42;1-3-10-28(11-4-1)39-26-34(27-40(44-39)29-12-5-2-6-13-29)32-19-18-31-25-33(21-20-30(31)24-32)35-22-23-42-43-37(35)15-9-16-38(43)36-14-7-8-17-41(36)45-42/h1-16,18-21,24-26,40-41H,17,22-23,27H2;1-21,24-27H,22-23H2;1-12,14-27,29H,13H2. The number of hydrogen-bond donors (Lipinski definition) is 0. The number of fused-ring (bicyclic) bond motifs is 9. The maximum absolute atomic E-state index is 6.58. The highest BCUT2D eigenvalue weighted by atomic mass is 16.5. The van der Waals surface area contributed by atoms with E-state index in [1.54, 1.807) is 0 Å². The van der Waals surface area contributed by atoms with Gasteiger partial charge in [-0.05, 0) is 253 Å². The number of nitrogens with zero attached hydrogens (tertiary/aromatic N) is 3. The van der Waals surface area contributed by atoms with E-state index in [2.05, 4.69) is 425 Å². The molecule has 0 bridgehead atoms. The van der Waals surface area contributed by atoms with Crippen LogP contribution in [0.15, 0.2) is 454 Å². The average Bonchev–Trinajstić information content (AvgIpc) is 0.742. The molecule has 6 heteroatoms. The van der Waals surface area contributed by atoms with Gasteiger partial charge in [0.1, 0.15) is 34.9 Å². The predicted molar refractivity (Wildman–Crippen MR) is 558 cm³/mol. The molecular weight excluding hydrogens is 1640 g/mol. The topological polar surface area (TPSA) is 65.8 Å². The molecule has 0 spiro atoms. The first kappa shape index (κ1) is 80.4. The molecule has 8 aliphatic rings. The van der Waals surface area contributed by atoms with Crippen molar-refractivity contribution >= 4 is 82.6 Å². The number of dihydropyridines is 1. The number of benzene rings is 17. The van der Waals surface area contributed by atoms with Crippen molar-refractivity contribution < 1.29 is 14.2 Å². The van der Waals surface area contributed by atoms with Gasteiger partial charge in [0.05, 0.1) is 28.8 Å². The van der Waals surface area contributed by atoms with Gasteiger partial charge in [-0.25, -0.2) is 4.98 Å². The third-order valence-electron chi connectivity index (χ3n) is 28.1. The fraction of sp³-hybridized carbons (Fsp3) is 0.0775. The second kappa shape index (κ2) is 34.6. The lowest BCUT2D eigenvalue weighted by atomic mass is 9.84. The van der Waals surface area contributed by atoms with Gasteiger partial charge in [0.25, 0.3) is 0 Å². The van der Waals surface area contributed by atoms with E-state index in [4.69, 9.17) is 29.2 Å². The summed E-state index contributed by atoms with van der Waals surface area (Å²) in [7, 11) is 0. The molecule has 27 rings (SSSR count). The Morgan fingerprint density at radius 3 is 1.50 bits per heavy atom. The first-order valence-corrected chi connectivity index (χ1v) is 47.3. The molecule has 0 radical (unpaired) electrons. The highest BCUT2D eigenvalue weighted by molar-refractivity contribution is 6.14. The minimum absolute atomic E-state index is 0.0903. The second-order valence-electron chi connectivity index (χ2n) is 36.2. The van der Waals surface area contributed by atoms with Gasteiger partial charge in [-0.2, -0.15) is 0 Å². The van der Waals surface area contributed by atoms with Crippen molar-refractivity contribution in [2.24, 2.45) is 4.99 Å². The summed E-state index contributed by atoms with van der Waals surface area (Å²) >= 11 is 0. The molecule has 640 valence electrons.